The van der Waals surface area contributed by atoms with Crippen LogP contribution < -0.4 is 4.90 Å². The van der Waals surface area contributed by atoms with Gasteiger partial charge in [0.05, 0.1) is 11.5 Å². The lowest BCUT2D eigenvalue weighted by molar-refractivity contribution is 0.681. The zero-order valence-electron chi connectivity index (χ0n) is 10.7. The van der Waals surface area contributed by atoms with Crippen molar-refractivity contribution < 1.29 is 4.21 Å². The predicted molar refractivity (Wildman–Crippen MR) is 81.2 cm³/mol. The second-order valence-corrected chi connectivity index (χ2v) is 6.80. The van der Waals surface area contributed by atoms with Crippen LogP contribution in [0.1, 0.15) is 11.4 Å². The third-order valence-electron chi connectivity index (χ3n) is 2.40. The van der Waals surface area contributed by atoms with Crippen molar-refractivity contribution >= 4 is 39.1 Å². The fraction of sp³-hybridized carbons (Fsp3) is 0.333. The molecule has 0 saturated heterocycles. The molecule has 0 aliphatic heterocycles. The van der Waals surface area contributed by atoms with Gasteiger partial charge in [-0.25, -0.2) is 4.98 Å². The van der Waals surface area contributed by atoms with E-state index in [2.05, 4.69) is 9.36 Å². The molecule has 0 aliphatic carbocycles. The molecule has 0 bridgehead atoms. The number of nitrogens with zero attached hydrogens (tertiary/aromatic N) is 3. The average molecular weight is 316 g/mol. The summed E-state index contributed by atoms with van der Waals surface area (Å²) in [6.45, 7) is 0. The second kappa shape index (κ2) is 6.45. The molecule has 0 N–H and O–H groups in total. The van der Waals surface area contributed by atoms with Crippen molar-refractivity contribution in [3.63, 3.8) is 0 Å². The van der Waals surface area contributed by atoms with Gasteiger partial charge in [-0.15, -0.1) is 0 Å². The van der Waals surface area contributed by atoms with E-state index in [0.29, 0.717) is 22.4 Å². The van der Waals surface area contributed by atoms with Gasteiger partial charge in [-0.1, -0.05) is 29.8 Å². The number of halogens is 1. The van der Waals surface area contributed by atoms with E-state index in [9.17, 15) is 4.21 Å². The Bertz CT molecular complexity index is 586. The Labute approximate surface area is 124 Å². The highest BCUT2D eigenvalue weighted by Crippen LogP contribution is 2.19. The SMILES string of the molecule is CN(C)c1nc(C[S@@](=O)Cc2ccccc2Cl)ns1. The van der Waals surface area contributed by atoms with E-state index in [1.54, 1.807) is 6.07 Å². The van der Waals surface area contributed by atoms with E-state index < -0.39 is 10.8 Å². The van der Waals surface area contributed by atoms with Gasteiger partial charge in [0.25, 0.3) is 0 Å². The van der Waals surface area contributed by atoms with E-state index in [1.807, 2.05) is 37.2 Å². The Balaban J connectivity index is 1.99. The average Bonchev–Trinajstić information content (AvgIpc) is 2.80. The molecule has 0 fully saturated rings. The molecule has 0 unspecified atom stereocenters. The Hall–Kier alpha value is -0.980. The predicted octanol–water partition coefficient (Wildman–Crippen LogP) is 2.71. The summed E-state index contributed by atoms with van der Waals surface area (Å²) in [5.41, 5.74) is 0.894. The van der Waals surface area contributed by atoms with Gasteiger partial charge in [-0.2, -0.15) is 4.37 Å². The topological polar surface area (TPSA) is 46.1 Å². The van der Waals surface area contributed by atoms with Crippen LogP contribution in [-0.2, 0) is 22.3 Å². The number of hydrogen-bond acceptors (Lipinski definition) is 5. The maximum atomic E-state index is 12.1. The molecule has 1 atom stereocenters. The van der Waals surface area contributed by atoms with Crippen LogP contribution in [0, 0.1) is 0 Å². The standard InChI is InChI=1S/C12H14ClN3OS2/c1-16(2)12-14-11(15-18-12)8-19(17)7-9-5-3-4-6-10(9)13/h3-6H,7-8H2,1-2H3/t19-/m0/s1. The fourth-order valence-electron chi connectivity index (χ4n) is 1.47. The number of hydrogen-bond donors (Lipinski definition) is 0. The minimum absolute atomic E-state index is 0.357. The van der Waals surface area contributed by atoms with Gasteiger partial charge in [0, 0.05) is 41.5 Å². The summed E-state index contributed by atoms with van der Waals surface area (Å²) in [4.78, 5) is 6.21. The monoisotopic (exact) mass is 315 g/mol. The normalized spacial score (nSPS) is 12.4. The summed E-state index contributed by atoms with van der Waals surface area (Å²) in [7, 11) is 2.76. The molecule has 2 rings (SSSR count). The van der Waals surface area contributed by atoms with Crippen molar-refractivity contribution in [3.05, 3.63) is 40.7 Å². The Kier molecular flexibility index (Phi) is 4.90. The molecular formula is C12H14ClN3OS2. The van der Waals surface area contributed by atoms with Gasteiger partial charge in [0.1, 0.15) is 0 Å². The summed E-state index contributed by atoms with van der Waals surface area (Å²) in [5, 5.41) is 1.47. The van der Waals surface area contributed by atoms with Crippen LogP contribution in [0.25, 0.3) is 0 Å². The maximum absolute atomic E-state index is 12.1. The quantitative estimate of drug-likeness (QED) is 0.851. The van der Waals surface area contributed by atoms with Crippen molar-refractivity contribution in [1.29, 1.82) is 0 Å². The molecule has 19 heavy (non-hydrogen) atoms. The Morgan fingerprint density at radius 3 is 2.68 bits per heavy atom. The number of rotatable bonds is 5. The Morgan fingerprint density at radius 1 is 1.32 bits per heavy atom. The highest BCUT2D eigenvalue weighted by atomic mass is 35.5. The molecule has 0 aliphatic rings. The summed E-state index contributed by atoms with van der Waals surface area (Å²) in [6.07, 6.45) is 0. The highest BCUT2D eigenvalue weighted by Gasteiger charge is 2.11. The summed E-state index contributed by atoms with van der Waals surface area (Å²) in [5.74, 6) is 1.41. The zero-order valence-corrected chi connectivity index (χ0v) is 13.1. The summed E-state index contributed by atoms with van der Waals surface area (Å²) < 4.78 is 16.3. The van der Waals surface area contributed by atoms with Crippen LogP contribution in [0.5, 0.6) is 0 Å². The molecular weight excluding hydrogens is 302 g/mol. The van der Waals surface area contributed by atoms with Gasteiger partial charge in [-0.05, 0) is 11.6 Å². The first-order valence-corrected chi connectivity index (χ1v) is 8.28. The highest BCUT2D eigenvalue weighted by molar-refractivity contribution is 7.83. The first kappa shape index (κ1) is 14.4. The van der Waals surface area contributed by atoms with Gasteiger partial charge in [0.15, 0.2) is 5.82 Å². The van der Waals surface area contributed by atoms with E-state index >= 15 is 0 Å². The van der Waals surface area contributed by atoms with E-state index in [0.717, 1.165) is 10.7 Å². The summed E-state index contributed by atoms with van der Waals surface area (Å²) >= 11 is 7.36. The van der Waals surface area contributed by atoms with Crippen molar-refractivity contribution in [2.24, 2.45) is 0 Å². The largest absolute Gasteiger partial charge is 0.353 e. The third-order valence-corrected chi connectivity index (χ3v) is 4.91. The minimum atomic E-state index is -1.05. The number of anilines is 1. The molecule has 1 aromatic carbocycles. The smallest absolute Gasteiger partial charge is 0.204 e. The van der Waals surface area contributed by atoms with E-state index in [4.69, 9.17) is 11.6 Å². The van der Waals surface area contributed by atoms with Crippen LogP contribution in [0.15, 0.2) is 24.3 Å². The van der Waals surface area contributed by atoms with Crippen molar-refractivity contribution in [3.8, 4) is 0 Å². The summed E-state index contributed by atoms with van der Waals surface area (Å²) in [6, 6.07) is 7.45. The van der Waals surface area contributed by atoms with Crippen LogP contribution in [0.3, 0.4) is 0 Å². The minimum Gasteiger partial charge on any atom is -0.353 e. The lowest BCUT2D eigenvalue weighted by Gasteiger charge is -2.04. The van der Waals surface area contributed by atoms with Crippen molar-refractivity contribution in [2.75, 3.05) is 19.0 Å². The molecule has 0 saturated carbocycles. The molecule has 4 nitrogen and oxygen atoms in total. The fourth-order valence-corrected chi connectivity index (χ4v) is 3.55. The first-order valence-electron chi connectivity index (χ1n) is 5.64. The molecule has 0 spiro atoms. The van der Waals surface area contributed by atoms with Crippen molar-refractivity contribution in [2.45, 2.75) is 11.5 Å². The molecule has 1 heterocycles. The van der Waals surface area contributed by atoms with Crippen LogP contribution >= 0.6 is 23.1 Å². The lowest BCUT2D eigenvalue weighted by Crippen LogP contribution is -2.08. The first-order chi connectivity index (χ1) is 9.06. The molecule has 1 aromatic heterocycles. The second-order valence-electron chi connectivity index (χ2n) is 4.21. The van der Waals surface area contributed by atoms with E-state index in [-0.39, 0.29) is 0 Å². The maximum Gasteiger partial charge on any atom is 0.204 e. The van der Waals surface area contributed by atoms with Crippen LogP contribution in [0.2, 0.25) is 5.02 Å². The van der Waals surface area contributed by atoms with Crippen LogP contribution in [0.4, 0.5) is 5.13 Å². The molecule has 0 radical (unpaired) electrons. The van der Waals surface area contributed by atoms with Gasteiger partial charge >= 0.3 is 0 Å². The molecule has 2 aromatic rings. The molecule has 7 heteroatoms. The molecule has 0 amide bonds. The lowest BCUT2D eigenvalue weighted by atomic mass is 10.2. The molecule has 102 valence electrons. The van der Waals surface area contributed by atoms with Crippen molar-refractivity contribution in [1.82, 2.24) is 9.36 Å². The van der Waals surface area contributed by atoms with Gasteiger partial charge in [-0.3, -0.25) is 4.21 Å². The number of aromatic nitrogens is 2. The van der Waals surface area contributed by atoms with Gasteiger partial charge < -0.3 is 4.90 Å². The van der Waals surface area contributed by atoms with Gasteiger partial charge in [0.2, 0.25) is 5.13 Å². The Morgan fingerprint density at radius 2 is 2.05 bits per heavy atom. The van der Waals surface area contributed by atoms with E-state index in [1.165, 1.54) is 11.5 Å². The zero-order chi connectivity index (χ0) is 13.8. The van der Waals surface area contributed by atoms with Crippen LogP contribution in [-0.4, -0.2) is 27.7 Å². The number of benzene rings is 1. The third kappa shape index (κ3) is 3.99.